The van der Waals surface area contributed by atoms with Crippen molar-refractivity contribution in [1.82, 2.24) is 5.32 Å². The van der Waals surface area contributed by atoms with Crippen LogP contribution in [-0.4, -0.2) is 18.0 Å². The molecule has 1 aromatic carbocycles. The van der Waals surface area contributed by atoms with Gasteiger partial charge in [-0.05, 0) is 43.4 Å². The monoisotopic (exact) mass is 278 g/mol. The summed E-state index contributed by atoms with van der Waals surface area (Å²) in [5, 5.41) is 3.00. The molecule has 1 aromatic rings. The fourth-order valence-electron chi connectivity index (χ4n) is 3.05. The molecule has 0 aliphatic heterocycles. The fraction of sp³-hybridized carbons (Fsp3) is 0.562. The van der Waals surface area contributed by atoms with Crippen LogP contribution in [-0.2, 0) is 0 Å². The van der Waals surface area contributed by atoms with Gasteiger partial charge in [0.2, 0.25) is 0 Å². The zero-order valence-corrected chi connectivity index (χ0v) is 12.2. The molecule has 0 heterocycles. The average molecular weight is 278 g/mol. The molecule has 1 amide bonds. The lowest BCUT2D eigenvalue weighted by molar-refractivity contribution is 0.0808. The first-order chi connectivity index (χ1) is 9.48. The quantitative estimate of drug-likeness (QED) is 0.893. The number of carbonyl (C=O) groups is 1. The maximum atomic E-state index is 13.9. The number of amides is 1. The van der Waals surface area contributed by atoms with Crippen molar-refractivity contribution in [1.29, 1.82) is 0 Å². The third-order valence-electron chi connectivity index (χ3n) is 4.55. The van der Waals surface area contributed by atoms with Crippen molar-refractivity contribution in [3.63, 3.8) is 0 Å². The van der Waals surface area contributed by atoms with Crippen molar-refractivity contribution in [2.75, 3.05) is 6.54 Å². The number of nitrogens with one attached hydrogen (secondary N) is 1. The molecular weight excluding hydrogens is 255 g/mol. The summed E-state index contributed by atoms with van der Waals surface area (Å²) in [7, 11) is 0. The molecule has 3 nitrogen and oxygen atoms in total. The fourth-order valence-corrected chi connectivity index (χ4v) is 3.05. The molecule has 1 aliphatic carbocycles. The van der Waals surface area contributed by atoms with Crippen LogP contribution in [0.25, 0.3) is 0 Å². The number of nitrogens with two attached hydrogens (primary N) is 1. The second-order valence-electron chi connectivity index (χ2n) is 5.94. The minimum atomic E-state index is -0.474. The minimum Gasteiger partial charge on any atom is -0.345 e. The first kappa shape index (κ1) is 15.0. The van der Waals surface area contributed by atoms with Crippen LogP contribution < -0.4 is 11.1 Å². The Kier molecular flexibility index (Phi) is 4.43. The number of hydrogen-bond donors (Lipinski definition) is 2. The van der Waals surface area contributed by atoms with E-state index in [4.69, 9.17) is 5.73 Å². The van der Waals surface area contributed by atoms with Crippen molar-refractivity contribution in [3.05, 3.63) is 35.1 Å². The predicted octanol–water partition coefficient (Wildman–Crippen LogP) is 2.77. The highest BCUT2D eigenvalue weighted by Gasteiger charge is 2.38. The number of carbonyl (C=O) groups excluding carboxylic acids is 1. The van der Waals surface area contributed by atoms with Crippen LogP contribution in [0.2, 0.25) is 0 Å². The predicted molar refractivity (Wildman–Crippen MR) is 78.0 cm³/mol. The van der Waals surface area contributed by atoms with Crippen molar-refractivity contribution in [2.45, 2.75) is 45.1 Å². The summed E-state index contributed by atoms with van der Waals surface area (Å²) in [5.74, 6) is -0.515. The SMILES string of the molecule is Cc1ccc(C(=O)NC2(CN)CCCCC2C)c(F)c1. The van der Waals surface area contributed by atoms with E-state index in [0.29, 0.717) is 12.5 Å². The normalized spacial score (nSPS) is 26.3. The largest absolute Gasteiger partial charge is 0.345 e. The highest BCUT2D eigenvalue weighted by Crippen LogP contribution is 2.33. The summed E-state index contributed by atoms with van der Waals surface area (Å²) in [6.45, 7) is 4.31. The summed E-state index contributed by atoms with van der Waals surface area (Å²) in [4.78, 5) is 12.3. The zero-order valence-electron chi connectivity index (χ0n) is 12.2. The van der Waals surface area contributed by atoms with Gasteiger partial charge < -0.3 is 11.1 Å². The lowest BCUT2D eigenvalue weighted by Gasteiger charge is -2.42. The Morgan fingerprint density at radius 3 is 2.85 bits per heavy atom. The summed E-state index contributed by atoms with van der Waals surface area (Å²) in [6.07, 6.45) is 4.13. The first-order valence-corrected chi connectivity index (χ1v) is 7.27. The minimum absolute atomic E-state index is 0.0983. The van der Waals surface area contributed by atoms with Crippen molar-refractivity contribution in [3.8, 4) is 0 Å². The highest BCUT2D eigenvalue weighted by atomic mass is 19.1. The molecule has 1 saturated carbocycles. The molecule has 0 radical (unpaired) electrons. The zero-order chi connectivity index (χ0) is 14.8. The maximum Gasteiger partial charge on any atom is 0.254 e. The molecule has 20 heavy (non-hydrogen) atoms. The Labute approximate surface area is 119 Å². The highest BCUT2D eigenvalue weighted by molar-refractivity contribution is 5.95. The number of halogens is 1. The third-order valence-corrected chi connectivity index (χ3v) is 4.55. The molecule has 2 atom stereocenters. The van der Waals surface area contributed by atoms with Crippen LogP contribution in [0.4, 0.5) is 4.39 Å². The van der Waals surface area contributed by atoms with Gasteiger partial charge in [0.15, 0.2) is 0 Å². The lowest BCUT2D eigenvalue weighted by atomic mass is 9.73. The second-order valence-corrected chi connectivity index (χ2v) is 5.94. The van der Waals surface area contributed by atoms with Gasteiger partial charge in [0.25, 0.3) is 5.91 Å². The molecule has 1 aliphatic rings. The molecule has 0 bridgehead atoms. The lowest BCUT2D eigenvalue weighted by Crippen LogP contribution is -2.59. The van der Waals surface area contributed by atoms with E-state index in [-0.39, 0.29) is 11.5 Å². The summed E-state index contributed by atoms with van der Waals surface area (Å²) in [5.41, 5.74) is 6.42. The maximum absolute atomic E-state index is 13.9. The van der Waals surface area contributed by atoms with Crippen LogP contribution in [0, 0.1) is 18.7 Å². The molecule has 4 heteroatoms. The standard InChI is InChI=1S/C16H23FN2O/c1-11-6-7-13(14(17)9-11)15(20)19-16(10-18)8-4-3-5-12(16)2/h6-7,9,12H,3-5,8,10,18H2,1-2H3,(H,19,20). The van der Waals surface area contributed by atoms with Crippen molar-refractivity contribution >= 4 is 5.91 Å². The van der Waals surface area contributed by atoms with E-state index in [2.05, 4.69) is 12.2 Å². The van der Waals surface area contributed by atoms with Crippen LogP contribution >= 0.6 is 0 Å². The Morgan fingerprint density at radius 2 is 2.25 bits per heavy atom. The number of rotatable bonds is 3. The van der Waals surface area contributed by atoms with Gasteiger partial charge >= 0.3 is 0 Å². The van der Waals surface area contributed by atoms with E-state index in [9.17, 15) is 9.18 Å². The molecule has 2 unspecified atom stereocenters. The van der Waals surface area contributed by atoms with Gasteiger partial charge in [-0.2, -0.15) is 0 Å². The Bertz CT molecular complexity index is 503. The topological polar surface area (TPSA) is 55.1 Å². The van der Waals surface area contributed by atoms with Gasteiger partial charge in [-0.25, -0.2) is 4.39 Å². The summed E-state index contributed by atoms with van der Waals surface area (Å²) >= 11 is 0. The second kappa shape index (κ2) is 5.92. The van der Waals surface area contributed by atoms with E-state index in [0.717, 1.165) is 31.2 Å². The first-order valence-electron chi connectivity index (χ1n) is 7.27. The van der Waals surface area contributed by atoms with E-state index >= 15 is 0 Å². The van der Waals surface area contributed by atoms with Gasteiger partial charge in [-0.15, -0.1) is 0 Å². The Balaban J connectivity index is 2.20. The van der Waals surface area contributed by atoms with E-state index < -0.39 is 11.4 Å². The van der Waals surface area contributed by atoms with Crippen LogP contribution in [0.15, 0.2) is 18.2 Å². The molecule has 3 N–H and O–H groups in total. The molecule has 0 saturated heterocycles. The number of aryl methyl sites for hydroxylation is 1. The molecule has 1 fully saturated rings. The van der Waals surface area contributed by atoms with Crippen LogP contribution in [0.3, 0.4) is 0 Å². The van der Waals surface area contributed by atoms with Gasteiger partial charge in [0.05, 0.1) is 11.1 Å². The third kappa shape index (κ3) is 2.85. The Morgan fingerprint density at radius 1 is 1.50 bits per heavy atom. The van der Waals surface area contributed by atoms with Crippen LogP contribution in [0.1, 0.15) is 48.5 Å². The van der Waals surface area contributed by atoms with Gasteiger partial charge in [0, 0.05) is 6.54 Å². The van der Waals surface area contributed by atoms with Gasteiger partial charge in [-0.3, -0.25) is 4.79 Å². The van der Waals surface area contributed by atoms with Gasteiger partial charge in [-0.1, -0.05) is 25.8 Å². The molecule has 0 spiro atoms. The summed E-state index contributed by atoms with van der Waals surface area (Å²) < 4.78 is 13.9. The van der Waals surface area contributed by atoms with Crippen LogP contribution in [0.5, 0.6) is 0 Å². The van der Waals surface area contributed by atoms with E-state index in [1.165, 1.54) is 12.1 Å². The van der Waals surface area contributed by atoms with Crippen molar-refractivity contribution in [2.24, 2.45) is 11.7 Å². The molecular formula is C16H23FN2O. The smallest absolute Gasteiger partial charge is 0.254 e. The van der Waals surface area contributed by atoms with Crippen molar-refractivity contribution < 1.29 is 9.18 Å². The average Bonchev–Trinajstić information content (AvgIpc) is 2.41. The molecule has 110 valence electrons. The number of benzene rings is 1. The molecule has 2 rings (SSSR count). The van der Waals surface area contributed by atoms with E-state index in [1.807, 2.05) is 0 Å². The van der Waals surface area contributed by atoms with E-state index in [1.54, 1.807) is 13.0 Å². The Hall–Kier alpha value is -1.42. The summed E-state index contributed by atoms with van der Waals surface area (Å²) in [6, 6.07) is 4.67. The molecule has 0 aromatic heterocycles. The van der Waals surface area contributed by atoms with Gasteiger partial charge in [0.1, 0.15) is 5.82 Å². The number of hydrogen-bond acceptors (Lipinski definition) is 2.